The Bertz CT molecular complexity index is 1420. The summed E-state index contributed by atoms with van der Waals surface area (Å²) >= 11 is 1.19. The SMILES string of the molecule is C=C1C(=O)O[C@H]2[C@H]1CC/C(COC(=O)/C=C\C(=O)NCc1ccc(CN3C(=C)N(CCCC)SC3=O)cc1)=C\CC[C@@]1(C)O[C@@H]21. The van der Waals surface area contributed by atoms with Crippen LogP contribution in [0.2, 0.25) is 0 Å². The van der Waals surface area contributed by atoms with Crippen molar-refractivity contribution in [3.8, 4) is 0 Å². The lowest BCUT2D eigenvalue weighted by atomic mass is 9.84. The third-order valence-corrected chi connectivity index (χ3v) is 9.75. The van der Waals surface area contributed by atoms with Crippen LogP contribution in [-0.2, 0) is 41.7 Å². The molecule has 2 amide bonds. The number of carbonyl (C=O) groups is 4. The van der Waals surface area contributed by atoms with E-state index in [4.69, 9.17) is 14.2 Å². The lowest BCUT2D eigenvalue weighted by molar-refractivity contribution is -0.140. The number of ether oxygens (including phenoxy) is 3. The summed E-state index contributed by atoms with van der Waals surface area (Å²) in [5.41, 5.74) is 2.93. The van der Waals surface area contributed by atoms with Gasteiger partial charge in [-0.15, -0.1) is 0 Å². The van der Waals surface area contributed by atoms with Crippen molar-refractivity contribution in [2.45, 2.75) is 83.3 Å². The fourth-order valence-corrected chi connectivity index (χ4v) is 6.75. The molecular formula is C34H41N3O7S. The molecule has 1 N–H and O–H groups in total. The number of nitrogens with zero attached hydrogens (tertiary/aromatic N) is 2. The van der Waals surface area contributed by atoms with Gasteiger partial charge in [-0.3, -0.25) is 18.8 Å². The van der Waals surface area contributed by atoms with Gasteiger partial charge >= 0.3 is 17.2 Å². The Labute approximate surface area is 268 Å². The Morgan fingerprint density at radius 2 is 1.93 bits per heavy atom. The van der Waals surface area contributed by atoms with Crippen molar-refractivity contribution in [3.63, 3.8) is 0 Å². The molecule has 0 spiro atoms. The van der Waals surface area contributed by atoms with Gasteiger partial charge in [0.05, 0.1) is 24.1 Å². The summed E-state index contributed by atoms with van der Waals surface area (Å²) in [7, 11) is 0. The molecule has 0 aromatic heterocycles. The van der Waals surface area contributed by atoms with Crippen LogP contribution in [-0.4, -0.2) is 63.3 Å². The second-order valence-electron chi connectivity index (χ2n) is 12.1. The van der Waals surface area contributed by atoms with Crippen molar-refractivity contribution in [1.29, 1.82) is 0 Å². The maximum absolute atomic E-state index is 12.4. The van der Waals surface area contributed by atoms with Gasteiger partial charge in [0.1, 0.15) is 24.6 Å². The first-order valence-corrected chi connectivity index (χ1v) is 16.3. The van der Waals surface area contributed by atoms with Crippen LogP contribution in [0.5, 0.6) is 0 Å². The van der Waals surface area contributed by atoms with Crippen molar-refractivity contribution < 1.29 is 33.4 Å². The van der Waals surface area contributed by atoms with Crippen LogP contribution in [0.15, 0.2) is 72.6 Å². The number of hydrogen-bond donors (Lipinski definition) is 1. The van der Waals surface area contributed by atoms with E-state index in [9.17, 15) is 19.2 Å². The number of nitrogens with one attached hydrogen (secondary N) is 1. The molecule has 0 bridgehead atoms. The number of hydrogen-bond acceptors (Lipinski definition) is 9. The number of allylic oxidation sites excluding steroid dienone is 1. The average molecular weight is 636 g/mol. The van der Waals surface area contributed by atoms with E-state index in [1.807, 2.05) is 35.5 Å². The van der Waals surface area contributed by atoms with E-state index in [0.29, 0.717) is 30.8 Å². The van der Waals surface area contributed by atoms with Crippen molar-refractivity contribution >= 4 is 35.0 Å². The Hall–Kier alpha value is -3.83. The molecule has 4 atom stereocenters. The van der Waals surface area contributed by atoms with E-state index in [0.717, 1.165) is 61.1 Å². The number of esters is 2. The molecule has 4 aliphatic rings. The normalized spacial score (nSPS) is 27.5. The van der Waals surface area contributed by atoms with Crippen LogP contribution in [0.3, 0.4) is 0 Å². The van der Waals surface area contributed by atoms with Gasteiger partial charge in [0.2, 0.25) is 5.91 Å². The first-order chi connectivity index (χ1) is 21.6. The van der Waals surface area contributed by atoms with Crippen LogP contribution in [0.1, 0.15) is 63.5 Å². The number of fused-ring (bicyclic) bond motifs is 3. The maximum atomic E-state index is 12.4. The highest BCUT2D eigenvalue weighted by atomic mass is 32.2. The van der Waals surface area contributed by atoms with E-state index >= 15 is 0 Å². The van der Waals surface area contributed by atoms with Gasteiger partial charge < -0.3 is 19.5 Å². The van der Waals surface area contributed by atoms with Gasteiger partial charge in [0.25, 0.3) is 0 Å². The molecule has 3 heterocycles. The zero-order valence-electron chi connectivity index (χ0n) is 25.9. The molecule has 1 aromatic carbocycles. The summed E-state index contributed by atoms with van der Waals surface area (Å²) < 4.78 is 18.9. The third kappa shape index (κ3) is 7.88. The zero-order valence-corrected chi connectivity index (χ0v) is 26.7. The summed E-state index contributed by atoms with van der Waals surface area (Å²) in [4.78, 5) is 51.0. The summed E-state index contributed by atoms with van der Waals surface area (Å²) in [6, 6.07) is 7.64. The smallest absolute Gasteiger partial charge is 0.334 e. The van der Waals surface area contributed by atoms with E-state index in [2.05, 4.69) is 31.5 Å². The molecule has 10 nitrogen and oxygen atoms in total. The number of carbonyl (C=O) groups excluding carboxylic acids is 4. The van der Waals surface area contributed by atoms with Gasteiger partial charge in [0, 0.05) is 36.7 Å². The third-order valence-electron chi connectivity index (χ3n) is 8.76. The van der Waals surface area contributed by atoms with Crippen LogP contribution in [0.4, 0.5) is 4.79 Å². The topological polar surface area (TPSA) is 118 Å². The van der Waals surface area contributed by atoms with Gasteiger partial charge in [0.15, 0.2) is 0 Å². The summed E-state index contributed by atoms with van der Waals surface area (Å²) in [6.45, 7) is 13.8. The quantitative estimate of drug-likeness (QED) is 0.113. The Balaban J connectivity index is 1.05. The fourth-order valence-electron chi connectivity index (χ4n) is 5.87. The summed E-state index contributed by atoms with van der Waals surface area (Å²) in [6.07, 6.45) is 8.78. The molecule has 5 rings (SSSR count). The van der Waals surface area contributed by atoms with E-state index in [1.54, 1.807) is 4.90 Å². The lowest BCUT2D eigenvalue weighted by Crippen LogP contribution is -2.29. The fraction of sp³-hybridized carbons (Fsp3) is 0.471. The molecule has 3 saturated heterocycles. The Kier molecular flexibility index (Phi) is 10.2. The highest BCUT2D eigenvalue weighted by molar-refractivity contribution is 8.12. The van der Waals surface area contributed by atoms with Crippen LogP contribution in [0, 0.1) is 5.92 Å². The number of epoxide rings is 1. The minimum atomic E-state index is -0.615. The molecule has 240 valence electrons. The van der Waals surface area contributed by atoms with Crippen molar-refractivity contribution in [1.82, 2.24) is 14.5 Å². The molecule has 0 unspecified atom stereocenters. The van der Waals surface area contributed by atoms with E-state index in [1.165, 1.54) is 11.9 Å². The molecule has 45 heavy (non-hydrogen) atoms. The van der Waals surface area contributed by atoms with E-state index in [-0.39, 0.29) is 48.1 Å². The van der Waals surface area contributed by atoms with Gasteiger partial charge in [-0.2, -0.15) is 0 Å². The lowest BCUT2D eigenvalue weighted by Gasteiger charge is -2.20. The molecular weight excluding hydrogens is 594 g/mol. The minimum absolute atomic E-state index is 0.0351. The molecule has 3 aliphatic heterocycles. The highest BCUT2D eigenvalue weighted by Gasteiger charge is 2.61. The molecule has 1 aliphatic carbocycles. The van der Waals surface area contributed by atoms with Crippen LogP contribution < -0.4 is 5.32 Å². The Morgan fingerprint density at radius 3 is 2.69 bits per heavy atom. The van der Waals surface area contributed by atoms with E-state index < -0.39 is 11.9 Å². The van der Waals surface area contributed by atoms with Crippen LogP contribution in [0.25, 0.3) is 0 Å². The summed E-state index contributed by atoms with van der Waals surface area (Å²) in [5.74, 6) is -0.823. The average Bonchev–Trinajstić information content (AvgIpc) is 3.52. The molecule has 0 saturated carbocycles. The molecule has 3 fully saturated rings. The monoisotopic (exact) mass is 635 g/mol. The van der Waals surface area contributed by atoms with Crippen molar-refractivity contribution in [2.24, 2.45) is 5.92 Å². The van der Waals surface area contributed by atoms with Crippen molar-refractivity contribution in [3.05, 3.63) is 83.7 Å². The minimum Gasteiger partial charge on any atom is -0.458 e. The first kappa shape index (κ1) is 32.6. The second-order valence-corrected chi connectivity index (χ2v) is 13.1. The number of amides is 2. The van der Waals surface area contributed by atoms with Gasteiger partial charge in [-0.25, -0.2) is 9.59 Å². The summed E-state index contributed by atoms with van der Waals surface area (Å²) in [5, 5.41) is 2.73. The van der Waals surface area contributed by atoms with Gasteiger partial charge in [-0.1, -0.05) is 56.8 Å². The number of benzene rings is 1. The molecule has 0 radical (unpaired) electrons. The maximum Gasteiger partial charge on any atom is 0.334 e. The predicted octanol–water partition coefficient (Wildman–Crippen LogP) is 5.32. The Morgan fingerprint density at radius 1 is 1.18 bits per heavy atom. The number of rotatable bonds is 11. The van der Waals surface area contributed by atoms with Crippen molar-refractivity contribution in [2.75, 3.05) is 13.2 Å². The largest absolute Gasteiger partial charge is 0.458 e. The second kappa shape index (κ2) is 14.1. The molecule has 11 heteroatoms. The zero-order chi connectivity index (χ0) is 32.1. The number of unbranched alkanes of at least 4 members (excludes halogenated alkanes) is 1. The van der Waals surface area contributed by atoms with Gasteiger partial charge in [-0.05, 0) is 55.7 Å². The highest BCUT2D eigenvalue weighted by Crippen LogP contribution is 2.49. The first-order valence-electron chi connectivity index (χ1n) is 15.5. The molecule has 1 aromatic rings. The standard InChI is InChI=1S/C34H41N3O7S/c1-5-6-18-37-23(3)36(33(41)45-37)20-25-11-9-24(10-12-25)19-35-28(38)15-16-29(39)42-21-26-8-7-17-34(4)31(44-34)30-27(14-13-26)22(2)32(40)43-30/h8-12,15-16,27,30-31H,2-3,5-7,13-14,17-21H2,1,4H3,(H,35,38)/b16-15-,26-8+/t27-,30-,31-,34+/m0/s1. The predicted molar refractivity (Wildman–Crippen MR) is 170 cm³/mol. The van der Waals surface area contributed by atoms with Crippen LogP contribution >= 0.6 is 11.9 Å².